The first kappa shape index (κ1) is 32.5. The summed E-state index contributed by atoms with van der Waals surface area (Å²) in [5, 5.41) is 0. The zero-order valence-corrected chi connectivity index (χ0v) is 26.5. The summed E-state index contributed by atoms with van der Waals surface area (Å²) in [4.78, 5) is 24.9. The number of benzene rings is 1. The van der Waals surface area contributed by atoms with Crippen LogP contribution in [0.15, 0.2) is 48.8 Å². The topological polar surface area (TPSA) is 72.7 Å². The van der Waals surface area contributed by atoms with Gasteiger partial charge in [0.2, 0.25) is 0 Å². The molecule has 3 heterocycles. The third-order valence-corrected chi connectivity index (χ3v) is 9.02. The number of hydrogen-bond donors (Lipinski definition) is 0. The van der Waals surface area contributed by atoms with Crippen molar-refractivity contribution in [3.05, 3.63) is 60.0 Å². The summed E-state index contributed by atoms with van der Waals surface area (Å²) >= 11 is 0. The molecular formula is C31H42F3N5O3Si. The summed E-state index contributed by atoms with van der Waals surface area (Å²) < 4.78 is 52.8. The Hall–Kier alpha value is -3.38. The maximum atomic E-state index is 13.5. The van der Waals surface area contributed by atoms with E-state index in [1.807, 2.05) is 30.3 Å². The number of alkyl halides is 3. The van der Waals surface area contributed by atoms with Crippen molar-refractivity contribution in [2.75, 3.05) is 49.2 Å². The van der Waals surface area contributed by atoms with Crippen molar-refractivity contribution in [3.8, 4) is 11.4 Å². The number of carbonyl (C=O) groups excluding carboxylic acids is 1. The number of halogens is 3. The van der Waals surface area contributed by atoms with E-state index in [4.69, 9.17) is 9.47 Å². The Kier molecular flexibility index (Phi) is 10.9. The predicted molar refractivity (Wildman–Crippen MR) is 165 cm³/mol. The summed E-state index contributed by atoms with van der Waals surface area (Å²) in [7, 11) is -1.32. The largest absolute Gasteiger partial charge is 0.465 e. The lowest BCUT2D eigenvalue weighted by Crippen LogP contribution is -2.46. The lowest BCUT2D eigenvalue weighted by Gasteiger charge is -2.36. The van der Waals surface area contributed by atoms with Gasteiger partial charge in [-0.1, -0.05) is 45.1 Å². The van der Waals surface area contributed by atoms with Crippen molar-refractivity contribution in [2.24, 2.45) is 0 Å². The predicted octanol–water partition coefficient (Wildman–Crippen LogP) is 6.49. The number of pyridine rings is 1. The van der Waals surface area contributed by atoms with Gasteiger partial charge >= 0.3 is 12.1 Å². The van der Waals surface area contributed by atoms with Crippen LogP contribution in [0.3, 0.4) is 0 Å². The van der Waals surface area contributed by atoms with E-state index < -0.39 is 19.9 Å². The van der Waals surface area contributed by atoms with Gasteiger partial charge in [-0.05, 0) is 42.3 Å². The fourth-order valence-corrected chi connectivity index (χ4v) is 5.45. The molecule has 0 atom stereocenters. The SMILES string of the molecule is CCCCOC(=O)Cc1ccc(N2CCN(c3ccc(-c4nc(C(F)(F)F)cn4COCC[Si](C)(C)C)cn3)CC2)cc1. The minimum atomic E-state index is -4.55. The maximum absolute atomic E-state index is 13.5. The van der Waals surface area contributed by atoms with Gasteiger partial charge in [-0.3, -0.25) is 4.79 Å². The Bertz CT molecular complexity index is 1320. The monoisotopic (exact) mass is 617 g/mol. The Morgan fingerprint density at radius 3 is 2.28 bits per heavy atom. The molecule has 0 bridgehead atoms. The van der Waals surface area contributed by atoms with E-state index in [-0.39, 0.29) is 24.9 Å². The molecule has 2 aromatic heterocycles. The second-order valence-corrected chi connectivity index (χ2v) is 17.7. The van der Waals surface area contributed by atoms with Crippen LogP contribution >= 0.6 is 0 Å². The fraction of sp³-hybridized carbons (Fsp3) is 0.516. The number of piperazine rings is 1. The van der Waals surface area contributed by atoms with Crippen LogP contribution in [-0.2, 0) is 33.6 Å². The van der Waals surface area contributed by atoms with Crippen LogP contribution in [-0.4, -0.2) is 68.0 Å². The molecular weight excluding hydrogens is 575 g/mol. The summed E-state index contributed by atoms with van der Waals surface area (Å²) in [5.74, 6) is 0.742. The molecule has 0 amide bonds. The quantitative estimate of drug-likeness (QED) is 0.123. The molecule has 0 unspecified atom stereocenters. The zero-order valence-electron chi connectivity index (χ0n) is 25.5. The van der Waals surface area contributed by atoms with Crippen molar-refractivity contribution >= 4 is 25.5 Å². The lowest BCUT2D eigenvalue weighted by atomic mass is 10.1. The third kappa shape index (κ3) is 9.55. The number of nitrogens with zero attached hydrogens (tertiary/aromatic N) is 5. The van der Waals surface area contributed by atoms with Crippen LogP contribution in [0.5, 0.6) is 0 Å². The fourth-order valence-electron chi connectivity index (χ4n) is 4.69. The van der Waals surface area contributed by atoms with Gasteiger partial charge in [-0.15, -0.1) is 0 Å². The van der Waals surface area contributed by atoms with E-state index in [0.29, 0.717) is 18.8 Å². The van der Waals surface area contributed by atoms with Gasteiger partial charge in [0, 0.05) is 64.5 Å². The second kappa shape index (κ2) is 14.4. The van der Waals surface area contributed by atoms with Crippen LogP contribution in [0, 0.1) is 0 Å². The first-order valence-electron chi connectivity index (χ1n) is 14.9. The Morgan fingerprint density at radius 1 is 0.977 bits per heavy atom. The highest BCUT2D eigenvalue weighted by Gasteiger charge is 2.35. The molecule has 43 heavy (non-hydrogen) atoms. The molecule has 0 N–H and O–H groups in total. The molecule has 234 valence electrons. The molecule has 1 aromatic carbocycles. The molecule has 1 saturated heterocycles. The molecule has 0 aliphatic carbocycles. The summed E-state index contributed by atoms with van der Waals surface area (Å²) in [6.07, 6.45) is 0.162. The van der Waals surface area contributed by atoms with Gasteiger partial charge < -0.3 is 23.8 Å². The molecule has 0 saturated carbocycles. The van der Waals surface area contributed by atoms with Crippen LogP contribution in [0.2, 0.25) is 25.7 Å². The van der Waals surface area contributed by atoms with Crippen molar-refractivity contribution < 1.29 is 27.4 Å². The Morgan fingerprint density at radius 2 is 1.67 bits per heavy atom. The third-order valence-electron chi connectivity index (χ3n) is 7.31. The van der Waals surface area contributed by atoms with Crippen molar-refractivity contribution in [1.82, 2.24) is 14.5 Å². The summed E-state index contributed by atoms with van der Waals surface area (Å²) in [5.41, 5.74) is 1.57. The van der Waals surface area contributed by atoms with Crippen molar-refractivity contribution in [1.29, 1.82) is 0 Å². The van der Waals surface area contributed by atoms with Crippen molar-refractivity contribution in [2.45, 2.75) is 64.8 Å². The number of rotatable bonds is 13. The highest BCUT2D eigenvalue weighted by molar-refractivity contribution is 6.76. The van der Waals surface area contributed by atoms with Crippen LogP contribution in [0.4, 0.5) is 24.7 Å². The summed E-state index contributed by atoms with van der Waals surface area (Å²) in [6, 6.07) is 12.5. The van der Waals surface area contributed by atoms with Gasteiger partial charge in [-0.2, -0.15) is 13.2 Å². The standard InChI is InChI=1S/C31H42F3N5O3Si/c1-5-6-17-42-29(40)20-24-7-10-26(11-8-24)37-13-15-38(16-14-37)28-12-9-25(21-35-28)30-36-27(31(32,33)34)22-39(30)23-41-18-19-43(2,3)4/h7-12,21-22H,5-6,13-20,23H2,1-4H3. The van der Waals surface area contributed by atoms with Crippen LogP contribution in [0.25, 0.3) is 11.4 Å². The van der Waals surface area contributed by atoms with Gasteiger partial charge in [0.1, 0.15) is 18.4 Å². The van der Waals surface area contributed by atoms with E-state index in [1.165, 1.54) is 4.57 Å². The number of imidazole rings is 1. The van der Waals surface area contributed by atoms with Gasteiger partial charge in [0.25, 0.3) is 0 Å². The molecule has 1 aliphatic rings. The smallest absolute Gasteiger partial charge is 0.434 e. The number of ether oxygens (including phenoxy) is 2. The van der Waals surface area contributed by atoms with Crippen LogP contribution < -0.4 is 9.80 Å². The van der Waals surface area contributed by atoms with Gasteiger partial charge in [0.15, 0.2) is 5.69 Å². The highest BCUT2D eigenvalue weighted by Crippen LogP contribution is 2.31. The Balaban J connectivity index is 1.34. The zero-order chi connectivity index (χ0) is 31.0. The van der Waals surface area contributed by atoms with Crippen LogP contribution in [0.1, 0.15) is 31.0 Å². The number of esters is 1. The highest BCUT2D eigenvalue weighted by atomic mass is 28.3. The van der Waals surface area contributed by atoms with E-state index in [9.17, 15) is 18.0 Å². The minimum Gasteiger partial charge on any atom is -0.465 e. The Labute approximate surface area is 252 Å². The normalized spacial score (nSPS) is 14.3. The first-order valence-corrected chi connectivity index (χ1v) is 18.6. The minimum absolute atomic E-state index is 0.00335. The number of aromatic nitrogens is 3. The molecule has 4 rings (SSSR count). The van der Waals surface area contributed by atoms with E-state index in [2.05, 4.69) is 46.3 Å². The molecule has 8 nitrogen and oxygen atoms in total. The molecule has 3 aromatic rings. The summed E-state index contributed by atoms with van der Waals surface area (Å²) in [6.45, 7) is 12.8. The molecule has 0 spiro atoms. The number of unbranched alkanes of at least 4 members (excludes halogenated alkanes) is 1. The van der Waals surface area contributed by atoms with E-state index in [0.717, 1.165) is 68.3 Å². The van der Waals surface area contributed by atoms with E-state index in [1.54, 1.807) is 12.3 Å². The molecule has 1 fully saturated rings. The maximum Gasteiger partial charge on any atom is 0.434 e. The van der Waals surface area contributed by atoms with Gasteiger partial charge in [-0.25, -0.2) is 9.97 Å². The van der Waals surface area contributed by atoms with Gasteiger partial charge in [0.05, 0.1) is 13.0 Å². The number of anilines is 2. The molecule has 12 heteroatoms. The average molecular weight is 618 g/mol. The van der Waals surface area contributed by atoms with Crippen molar-refractivity contribution in [3.63, 3.8) is 0 Å². The molecule has 1 aliphatic heterocycles. The second-order valence-electron chi connectivity index (χ2n) is 12.1. The average Bonchev–Trinajstić information content (AvgIpc) is 3.41. The number of carbonyl (C=O) groups is 1. The first-order chi connectivity index (χ1) is 20.4. The number of hydrogen-bond acceptors (Lipinski definition) is 7. The lowest BCUT2D eigenvalue weighted by molar-refractivity contribution is -0.143. The van der Waals surface area contributed by atoms with E-state index >= 15 is 0 Å². The molecule has 0 radical (unpaired) electrons.